The average molecular weight is 257 g/mol. The summed E-state index contributed by atoms with van der Waals surface area (Å²) >= 11 is 6.68. The van der Waals surface area contributed by atoms with Crippen molar-refractivity contribution >= 4 is 34.9 Å². The fraction of sp³-hybridized carbons (Fsp3) is 0.400. The van der Waals surface area contributed by atoms with Gasteiger partial charge in [0, 0.05) is 18.7 Å². The van der Waals surface area contributed by atoms with E-state index in [-0.39, 0.29) is 6.04 Å². The van der Waals surface area contributed by atoms with Crippen LogP contribution < -0.4 is 10.7 Å². The predicted molar refractivity (Wildman–Crippen MR) is 72.1 cm³/mol. The van der Waals surface area contributed by atoms with E-state index in [1.807, 2.05) is 23.8 Å². The molecule has 0 aliphatic heterocycles. The van der Waals surface area contributed by atoms with Crippen molar-refractivity contribution in [1.29, 1.82) is 0 Å². The average Bonchev–Trinajstić information content (AvgIpc) is 2.70. The van der Waals surface area contributed by atoms with Crippen LogP contribution in [0.15, 0.2) is 21.9 Å². The van der Waals surface area contributed by atoms with Crippen molar-refractivity contribution in [3.05, 3.63) is 22.4 Å². The third kappa shape index (κ3) is 5.20. The van der Waals surface area contributed by atoms with Crippen molar-refractivity contribution in [2.75, 3.05) is 13.7 Å². The number of hydrogen-bond donors (Lipinski definition) is 2. The van der Waals surface area contributed by atoms with Gasteiger partial charge in [-0.25, -0.2) is 0 Å². The van der Waals surface area contributed by atoms with Gasteiger partial charge in [0.15, 0.2) is 5.11 Å². The number of nitrogens with one attached hydrogen (secondary N) is 2. The number of hydrazone groups is 1. The Morgan fingerprint density at radius 3 is 3.19 bits per heavy atom. The van der Waals surface area contributed by atoms with Crippen molar-refractivity contribution in [3.63, 3.8) is 0 Å². The van der Waals surface area contributed by atoms with Crippen LogP contribution in [0, 0.1) is 0 Å². The molecule has 0 amide bonds. The fourth-order valence-corrected chi connectivity index (χ4v) is 1.93. The van der Waals surface area contributed by atoms with Gasteiger partial charge in [0.2, 0.25) is 0 Å². The van der Waals surface area contributed by atoms with E-state index in [4.69, 9.17) is 17.0 Å². The van der Waals surface area contributed by atoms with E-state index in [0.717, 1.165) is 5.56 Å². The summed E-state index contributed by atoms with van der Waals surface area (Å²) in [5, 5.41) is 11.6. The Kier molecular flexibility index (Phi) is 5.99. The van der Waals surface area contributed by atoms with E-state index >= 15 is 0 Å². The number of ether oxygens (including phenoxy) is 1. The fourth-order valence-electron chi connectivity index (χ4n) is 1.06. The SMILES string of the molecule is COC[C@@H](C)NC(=S)N/N=C\c1ccsc1. The molecule has 1 aromatic rings. The smallest absolute Gasteiger partial charge is 0.187 e. The van der Waals surface area contributed by atoms with Crippen LogP contribution in [0.2, 0.25) is 0 Å². The number of nitrogens with zero attached hydrogens (tertiary/aromatic N) is 1. The lowest BCUT2D eigenvalue weighted by Crippen LogP contribution is -2.40. The summed E-state index contributed by atoms with van der Waals surface area (Å²) in [7, 11) is 1.66. The van der Waals surface area contributed by atoms with Gasteiger partial charge in [-0.2, -0.15) is 16.4 Å². The van der Waals surface area contributed by atoms with Crippen LogP contribution in [-0.4, -0.2) is 31.1 Å². The van der Waals surface area contributed by atoms with Crippen LogP contribution in [-0.2, 0) is 4.74 Å². The van der Waals surface area contributed by atoms with Crippen molar-refractivity contribution in [3.8, 4) is 0 Å². The van der Waals surface area contributed by atoms with Gasteiger partial charge >= 0.3 is 0 Å². The zero-order valence-corrected chi connectivity index (χ0v) is 10.9. The molecule has 6 heteroatoms. The minimum Gasteiger partial charge on any atom is -0.383 e. The van der Waals surface area contributed by atoms with Gasteiger partial charge in [-0.1, -0.05) is 0 Å². The quantitative estimate of drug-likeness (QED) is 0.477. The van der Waals surface area contributed by atoms with Gasteiger partial charge in [0.05, 0.1) is 12.8 Å². The molecule has 1 heterocycles. The number of hydrogen-bond acceptors (Lipinski definition) is 4. The standard InChI is InChI=1S/C10H15N3OS2/c1-8(6-14-2)12-10(15)13-11-5-9-3-4-16-7-9/h3-5,7-8H,6H2,1-2H3,(H2,12,13,15)/b11-5-/t8-/m1/s1. The third-order valence-electron chi connectivity index (χ3n) is 1.72. The molecular formula is C10H15N3OS2. The van der Waals surface area contributed by atoms with Gasteiger partial charge in [-0.3, -0.25) is 5.43 Å². The second-order valence-corrected chi connectivity index (χ2v) is 4.44. The van der Waals surface area contributed by atoms with Gasteiger partial charge in [-0.15, -0.1) is 0 Å². The van der Waals surface area contributed by atoms with Gasteiger partial charge < -0.3 is 10.1 Å². The maximum atomic E-state index is 5.05. The van der Waals surface area contributed by atoms with E-state index in [1.165, 1.54) is 0 Å². The molecular weight excluding hydrogens is 242 g/mol. The summed E-state index contributed by atoms with van der Waals surface area (Å²) in [6.45, 7) is 2.59. The van der Waals surface area contributed by atoms with E-state index in [2.05, 4.69) is 15.8 Å². The number of methoxy groups -OCH3 is 1. The topological polar surface area (TPSA) is 45.6 Å². The van der Waals surface area contributed by atoms with Crippen LogP contribution in [0.1, 0.15) is 12.5 Å². The molecule has 88 valence electrons. The second kappa shape index (κ2) is 7.32. The van der Waals surface area contributed by atoms with E-state index in [9.17, 15) is 0 Å². The molecule has 0 saturated heterocycles. The Morgan fingerprint density at radius 1 is 1.75 bits per heavy atom. The van der Waals surface area contributed by atoms with Crippen LogP contribution >= 0.6 is 23.6 Å². The number of rotatable bonds is 5. The Balaban J connectivity index is 2.25. The zero-order chi connectivity index (χ0) is 11.8. The summed E-state index contributed by atoms with van der Waals surface area (Å²) in [6.07, 6.45) is 1.73. The molecule has 0 aromatic carbocycles. The summed E-state index contributed by atoms with van der Waals surface area (Å²) in [4.78, 5) is 0. The zero-order valence-electron chi connectivity index (χ0n) is 9.27. The minimum absolute atomic E-state index is 0.168. The minimum atomic E-state index is 0.168. The largest absolute Gasteiger partial charge is 0.383 e. The molecule has 1 aromatic heterocycles. The highest BCUT2D eigenvalue weighted by molar-refractivity contribution is 7.80. The summed E-state index contributed by atoms with van der Waals surface area (Å²) in [5.41, 5.74) is 3.81. The molecule has 0 radical (unpaired) electrons. The highest BCUT2D eigenvalue weighted by Crippen LogP contribution is 2.01. The molecule has 0 fully saturated rings. The van der Waals surface area contributed by atoms with Crippen LogP contribution in [0.3, 0.4) is 0 Å². The molecule has 2 N–H and O–H groups in total. The molecule has 0 bridgehead atoms. The van der Waals surface area contributed by atoms with Crippen molar-refractivity contribution in [1.82, 2.24) is 10.7 Å². The molecule has 0 saturated carbocycles. The van der Waals surface area contributed by atoms with E-state index in [0.29, 0.717) is 11.7 Å². The maximum Gasteiger partial charge on any atom is 0.187 e. The molecule has 0 spiro atoms. The lowest BCUT2D eigenvalue weighted by Gasteiger charge is -2.13. The summed E-state index contributed by atoms with van der Waals surface area (Å²) < 4.78 is 4.98. The highest BCUT2D eigenvalue weighted by atomic mass is 32.1. The summed E-state index contributed by atoms with van der Waals surface area (Å²) in [5.74, 6) is 0. The number of thiophene rings is 1. The van der Waals surface area contributed by atoms with Crippen LogP contribution in [0.25, 0.3) is 0 Å². The van der Waals surface area contributed by atoms with Crippen molar-refractivity contribution in [2.24, 2.45) is 5.10 Å². The first kappa shape index (κ1) is 13.1. The Morgan fingerprint density at radius 2 is 2.56 bits per heavy atom. The molecule has 16 heavy (non-hydrogen) atoms. The first-order valence-electron chi connectivity index (χ1n) is 4.83. The van der Waals surface area contributed by atoms with Gasteiger partial charge in [0.1, 0.15) is 0 Å². The maximum absolute atomic E-state index is 5.05. The molecule has 0 aliphatic carbocycles. The lowest BCUT2D eigenvalue weighted by molar-refractivity contribution is 0.179. The molecule has 1 rings (SSSR count). The molecule has 0 unspecified atom stereocenters. The van der Waals surface area contributed by atoms with Crippen molar-refractivity contribution in [2.45, 2.75) is 13.0 Å². The van der Waals surface area contributed by atoms with Crippen LogP contribution in [0.4, 0.5) is 0 Å². The predicted octanol–water partition coefficient (Wildman–Crippen LogP) is 1.58. The second-order valence-electron chi connectivity index (χ2n) is 3.26. The summed E-state index contributed by atoms with van der Waals surface area (Å²) in [6, 6.07) is 2.15. The monoisotopic (exact) mass is 257 g/mol. The Labute approximate surface area is 105 Å². The molecule has 1 atom stereocenters. The number of thiocarbonyl (C=S) groups is 1. The third-order valence-corrected chi connectivity index (χ3v) is 2.63. The molecule has 0 aliphatic rings. The van der Waals surface area contributed by atoms with Gasteiger partial charge in [0.25, 0.3) is 0 Å². The highest BCUT2D eigenvalue weighted by Gasteiger charge is 2.01. The first-order valence-corrected chi connectivity index (χ1v) is 6.18. The van der Waals surface area contributed by atoms with E-state index < -0.39 is 0 Å². The first-order chi connectivity index (χ1) is 7.72. The van der Waals surface area contributed by atoms with E-state index in [1.54, 1.807) is 24.7 Å². The van der Waals surface area contributed by atoms with Crippen molar-refractivity contribution < 1.29 is 4.74 Å². The molecule has 4 nitrogen and oxygen atoms in total. The normalized spacial score (nSPS) is 12.6. The Hall–Kier alpha value is -0.980. The lowest BCUT2D eigenvalue weighted by atomic mass is 10.4. The van der Waals surface area contributed by atoms with Crippen LogP contribution in [0.5, 0.6) is 0 Å². The Bertz CT molecular complexity index is 338. The van der Waals surface area contributed by atoms with Gasteiger partial charge in [-0.05, 0) is 36.0 Å².